The van der Waals surface area contributed by atoms with Crippen LogP contribution < -0.4 is 19.7 Å². The minimum atomic E-state index is 0.110. The molecule has 0 aromatic heterocycles. The Kier molecular flexibility index (Phi) is 10.2. The molecule has 2 heterocycles. The molecular weight excluding hydrogens is 540 g/mol. The van der Waals surface area contributed by atoms with Gasteiger partial charge in [-0.05, 0) is 73.2 Å². The molecule has 2 aliphatic heterocycles. The molecule has 3 aromatic rings. The van der Waals surface area contributed by atoms with Crippen molar-refractivity contribution < 1.29 is 23.7 Å². The van der Waals surface area contributed by atoms with Crippen LogP contribution >= 0.6 is 0 Å². The van der Waals surface area contributed by atoms with Crippen LogP contribution in [0.5, 0.6) is 11.5 Å². The van der Waals surface area contributed by atoms with Crippen LogP contribution in [0.2, 0.25) is 0 Å². The molecule has 1 saturated heterocycles. The lowest BCUT2D eigenvalue weighted by Gasteiger charge is -2.33. The highest BCUT2D eigenvalue weighted by atomic mass is 16.5. The summed E-state index contributed by atoms with van der Waals surface area (Å²) in [4.78, 5) is 2.40. The molecule has 43 heavy (non-hydrogen) atoms. The zero-order valence-corrected chi connectivity index (χ0v) is 25.5. The van der Waals surface area contributed by atoms with Crippen LogP contribution in [0.4, 0.5) is 5.69 Å². The third kappa shape index (κ3) is 7.71. The van der Waals surface area contributed by atoms with E-state index in [1.807, 2.05) is 0 Å². The van der Waals surface area contributed by atoms with E-state index in [0.717, 1.165) is 76.0 Å². The molecule has 6 rings (SSSR count). The fourth-order valence-electron chi connectivity index (χ4n) is 6.39. The van der Waals surface area contributed by atoms with Crippen molar-refractivity contribution in [1.82, 2.24) is 5.32 Å². The van der Waals surface area contributed by atoms with Gasteiger partial charge in [0.15, 0.2) is 0 Å². The van der Waals surface area contributed by atoms with Crippen molar-refractivity contribution in [3.05, 3.63) is 89.5 Å². The maximum atomic E-state index is 6.56. The maximum Gasteiger partial charge on any atom is 0.142 e. The van der Waals surface area contributed by atoms with E-state index in [2.05, 4.69) is 83.0 Å². The molecule has 1 saturated carbocycles. The van der Waals surface area contributed by atoms with E-state index in [9.17, 15) is 0 Å². The first-order valence-corrected chi connectivity index (χ1v) is 15.9. The fraction of sp³-hybridized carbons (Fsp3) is 0.500. The van der Waals surface area contributed by atoms with Crippen molar-refractivity contribution in [1.29, 1.82) is 0 Å². The summed E-state index contributed by atoms with van der Waals surface area (Å²) in [6.07, 6.45) is 4.57. The highest BCUT2D eigenvalue weighted by molar-refractivity contribution is 5.61. The number of nitrogens with zero attached hydrogens (tertiary/aromatic N) is 1. The second-order valence-electron chi connectivity index (χ2n) is 12.0. The van der Waals surface area contributed by atoms with Crippen LogP contribution in [0, 0.1) is 0 Å². The number of nitrogens with one attached hydrogen (secondary N) is 1. The van der Waals surface area contributed by atoms with Crippen molar-refractivity contribution >= 4 is 5.69 Å². The van der Waals surface area contributed by atoms with E-state index in [-0.39, 0.29) is 11.5 Å². The van der Waals surface area contributed by atoms with Crippen molar-refractivity contribution in [2.24, 2.45) is 0 Å². The first-order chi connectivity index (χ1) is 21.2. The minimum Gasteiger partial charge on any atom is -0.491 e. The molecule has 0 amide bonds. The molecule has 0 unspecified atom stereocenters. The molecule has 2 fully saturated rings. The van der Waals surface area contributed by atoms with E-state index < -0.39 is 0 Å². The molecule has 0 radical (unpaired) electrons. The number of piperidine rings is 1. The van der Waals surface area contributed by atoms with Gasteiger partial charge >= 0.3 is 0 Å². The topological polar surface area (TPSA) is 61.4 Å². The predicted molar refractivity (Wildman–Crippen MR) is 170 cm³/mol. The summed E-state index contributed by atoms with van der Waals surface area (Å²) in [7, 11) is 1.76. The molecular formula is C36H46N2O5. The summed E-state index contributed by atoms with van der Waals surface area (Å²) >= 11 is 0. The minimum absolute atomic E-state index is 0.110. The van der Waals surface area contributed by atoms with Crippen LogP contribution in [0.25, 0.3) is 0 Å². The fourth-order valence-corrected chi connectivity index (χ4v) is 6.39. The average molecular weight is 587 g/mol. The van der Waals surface area contributed by atoms with Gasteiger partial charge in [0.2, 0.25) is 0 Å². The lowest BCUT2D eigenvalue weighted by atomic mass is 9.87. The Balaban J connectivity index is 0.980. The van der Waals surface area contributed by atoms with Crippen molar-refractivity contribution in [3.8, 4) is 11.5 Å². The van der Waals surface area contributed by atoms with Crippen LogP contribution in [0.1, 0.15) is 48.3 Å². The van der Waals surface area contributed by atoms with Gasteiger partial charge in [0.25, 0.3) is 0 Å². The summed E-state index contributed by atoms with van der Waals surface area (Å²) in [5, 5.41) is 3.53. The van der Waals surface area contributed by atoms with E-state index in [4.69, 9.17) is 23.7 Å². The number of hydrogen-bond donors (Lipinski definition) is 1. The van der Waals surface area contributed by atoms with E-state index in [1.165, 1.54) is 29.5 Å². The van der Waals surface area contributed by atoms with Crippen molar-refractivity contribution in [2.75, 3.05) is 71.2 Å². The molecule has 1 N–H and O–H groups in total. The van der Waals surface area contributed by atoms with E-state index in [0.29, 0.717) is 25.7 Å². The Bertz CT molecular complexity index is 1280. The van der Waals surface area contributed by atoms with Crippen LogP contribution in [-0.4, -0.2) is 72.4 Å². The number of benzene rings is 3. The van der Waals surface area contributed by atoms with Gasteiger partial charge in [-0.15, -0.1) is 0 Å². The smallest absolute Gasteiger partial charge is 0.142 e. The van der Waals surface area contributed by atoms with Gasteiger partial charge in [-0.2, -0.15) is 0 Å². The van der Waals surface area contributed by atoms with Gasteiger partial charge in [-0.1, -0.05) is 48.5 Å². The van der Waals surface area contributed by atoms with Crippen LogP contribution in [0.15, 0.2) is 72.8 Å². The van der Waals surface area contributed by atoms with Gasteiger partial charge < -0.3 is 33.9 Å². The lowest BCUT2D eigenvalue weighted by Crippen LogP contribution is -2.41. The monoisotopic (exact) mass is 586 g/mol. The van der Waals surface area contributed by atoms with E-state index >= 15 is 0 Å². The van der Waals surface area contributed by atoms with Gasteiger partial charge in [0, 0.05) is 38.1 Å². The Hall–Kier alpha value is -3.10. The molecule has 7 nitrogen and oxygen atoms in total. The number of hydrogen-bond acceptors (Lipinski definition) is 7. The van der Waals surface area contributed by atoms with Crippen molar-refractivity contribution in [3.63, 3.8) is 0 Å². The Morgan fingerprint density at radius 2 is 1.84 bits per heavy atom. The molecule has 0 bridgehead atoms. The number of methoxy groups -OCH3 is 1. The van der Waals surface area contributed by atoms with Gasteiger partial charge in [0.1, 0.15) is 24.7 Å². The Labute approximate surface area is 256 Å². The summed E-state index contributed by atoms with van der Waals surface area (Å²) in [5.74, 6) is 2.18. The second-order valence-corrected chi connectivity index (χ2v) is 12.0. The zero-order chi connectivity index (χ0) is 29.3. The van der Waals surface area contributed by atoms with E-state index in [1.54, 1.807) is 7.11 Å². The third-order valence-electron chi connectivity index (χ3n) is 9.07. The summed E-state index contributed by atoms with van der Waals surface area (Å²) < 4.78 is 29.8. The highest BCUT2D eigenvalue weighted by Crippen LogP contribution is 2.48. The zero-order valence-electron chi connectivity index (χ0n) is 25.5. The average Bonchev–Trinajstić information content (AvgIpc) is 3.86. The first-order valence-electron chi connectivity index (χ1n) is 15.9. The molecule has 2 atom stereocenters. The number of fused-ring (bicyclic) bond motifs is 1. The number of ether oxygens (including phenoxy) is 5. The third-order valence-corrected chi connectivity index (χ3v) is 9.07. The second kappa shape index (κ2) is 14.6. The predicted octanol–water partition coefficient (Wildman–Crippen LogP) is 5.71. The van der Waals surface area contributed by atoms with Gasteiger partial charge in [-0.3, -0.25) is 0 Å². The molecule has 7 heteroatoms. The normalized spacial score (nSPS) is 20.7. The number of anilines is 1. The van der Waals surface area contributed by atoms with Crippen LogP contribution in [-0.2, 0) is 26.2 Å². The van der Waals surface area contributed by atoms with Gasteiger partial charge in [0.05, 0.1) is 38.2 Å². The SMILES string of the molecule is COCCCN1CCOc2ccc(CO[C@H]3CNCC[C@@H]3c3ccc(OCCOCC4(c5ccccc5)CC4)cc3)cc21. The van der Waals surface area contributed by atoms with Crippen LogP contribution in [0.3, 0.4) is 0 Å². The maximum absolute atomic E-state index is 6.56. The molecule has 230 valence electrons. The van der Waals surface area contributed by atoms with Gasteiger partial charge in [-0.25, -0.2) is 0 Å². The molecule has 0 spiro atoms. The van der Waals surface area contributed by atoms with Crippen molar-refractivity contribution in [2.45, 2.75) is 49.7 Å². The summed E-state index contributed by atoms with van der Waals surface area (Å²) in [6.45, 7) is 7.69. The Morgan fingerprint density at radius 3 is 2.65 bits per heavy atom. The first kappa shape index (κ1) is 29.9. The highest BCUT2D eigenvalue weighted by Gasteiger charge is 2.44. The quantitative estimate of drug-likeness (QED) is 0.229. The molecule has 3 aliphatic rings. The number of rotatable bonds is 15. The lowest BCUT2D eigenvalue weighted by molar-refractivity contribution is 0.0106. The molecule has 3 aromatic carbocycles. The summed E-state index contributed by atoms with van der Waals surface area (Å²) in [6, 6.07) is 25.8. The Morgan fingerprint density at radius 1 is 0.977 bits per heavy atom. The summed E-state index contributed by atoms with van der Waals surface area (Å²) in [5.41, 5.74) is 5.24. The standard InChI is InChI=1S/C36H46N2O5/c1-39-20-5-18-38-19-21-42-34-13-8-28(24-33(34)38)26-43-35-25-37-17-14-32(35)29-9-11-31(12-10-29)41-23-22-40-27-36(15-16-36)30-6-3-2-4-7-30/h2-4,6-13,24,32,35,37H,5,14-23,25-27H2,1H3/t32-,35+/m1/s1. The largest absolute Gasteiger partial charge is 0.491 e. The molecule has 1 aliphatic carbocycles.